The molecule has 0 heterocycles. The molecule has 2 aromatic carbocycles. The SMILES string of the molecule is O=C(CNCCc1ccccc1F)Nc1ccc(Br)cc1. The van der Waals surface area contributed by atoms with Gasteiger partial charge in [-0.15, -0.1) is 0 Å². The van der Waals surface area contributed by atoms with Crippen LogP contribution >= 0.6 is 15.9 Å². The van der Waals surface area contributed by atoms with E-state index in [1.54, 1.807) is 18.2 Å². The number of carbonyl (C=O) groups excluding carboxylic acids is 1. The van der Waals surface area contributed by atoms with E-state index in [9.17, 15) is 9.18 Å². The van der Waals surface area contributed by atoms with Gasteiger partial charge < -0.3 is 10.6 Å². The third-order valence-electron chi connectivity index (χ3n) is 2.94. The van der Waals surface area contributed by atoms with Crippen molar-refractivity contribution in [2.75, 3.05) is 18.4 Å². The van der Waals surface area contributed by atoms with Gasteiger partial charge >= 0.3 is 0 Å². The van der Waals surface area contributed by atoms with E-state index >= 15 is 0 Å². The molecule has 0 aliphatic rings. The predicted molar refractivity (Wildman–Crippen MR) is 85.7 cm³/mol. The number of amides is 1. The normalized spacial score (nSPS) is 10.4. The van der Waals surface area contributed by atoms with E-state index in [1.807, 2.05) is 24.3 Å². The highest BCUT2D eigenvalue weighted by atomic mass is 79.9. The van der Waals surface area contributed by atoms with Crippen LogP contribution in [0.2, 0.25) is 0 Å². The molecule has 21 heavy (non-hydrogen) atoms. The fourth-order valence-electron chi connectivity index (χ4n) is 1.86. The minimum Gasteiger partial charge on any atom is -0.325 e. The first kappa shape index (κ1) is 15.7. The van der Waals surface area contributed by atoms with E-state index in [1.165, 1.54) is 6.07 Å². The Labute approximate surface area is 131 Å². The number of hydrogen-bond acceptors (Lipinski definition) is 2. The van der Waals surface area contributed by atoms with Crippen molar-refractivity contribution in [1.82, 2.24) is 5.32 Å². The van der Waals surface area contributed by atoms with Crippen molar-refractivity contribution < 1.29 is 9.18 Å². The second-order valence-corrected chi connectivity index (χ2v) is 5.49. The lowest BCUT2D eigenvalue weighted by atomic mass is 10.1. The second-order valence-electron chi connectivity index (χ2n) is 4.57. The Morgan fingerprint density at radius 3 is 2.52 bits per heavy atom. The standard InChI is InChI=1S/C16H16BrFN2O/c17-13-5-7-14(8-6-13)20-16(21)11-19-10-9-12-3-1-2-4-15(12)18/h1-8,19H,9-11H2,(H,20,21). The van der Waals surface area contributed by atoms with Crippen LogP contribution in [0.5, 0.6) is 0 Å². The smallest absolute Gasteiger partial charge is 0.238 e. The van der Waals surface area contributed by atoms with E-state index in [4.69, 9.17) is 0 Å². The highest BCUT2D eigenvalue weighted by Crippen LogP contribution is 2.13. The Morgan fingerprint density at radius 1 is 1.10 bits per heavy atom. The molecule has 0 aliphatic carbocycles. The van der Waals surface area contributed by atoms with Crippen molar-refractivity contribution in [3.05, 3.63) is 64.4 Å². The first-order valence-electron chi connectivity index (χ1n) is 6.65. The molecule has 1 amide bonds. The average Bonchev–Trinajstić information content (AvgIpc) is 2.48. The van der Waals surface area contributed by atoms with Gasteiger partial charge in [-0.3, -0.25) is 4.79 Å². The van der Waals surface area contributed by atoms with Gasteiger partial charge in [-0.1, -0.05) is 34.1 Å². The molecule has 2 rings (SSSR count). The summed E-state index contributed by atoms with van der Waals surface area (Å²) in [5, 5.41) is 5.79. The van der Waals surface area contributed by atoms with Crippen molar-refractivity contribution in [3.63, 3.8) is 0 Å². The molecule has 0 bridgehead atoms. The van der Waals surface area contributed by atoms with Gasteiger partial charge in [-0.2, -0.15) is 0 Å². The van der Waals surface area contributed by atoms with Crippen LogP contribution in [0.3, 0.4) is 0 Å². The lowest BCUT2D eigenvalue weighted by Crippen LogP contribution is -2.29. The van der Waals surface area contributed by atoms with Crippen LogP contribution in [-0.2, 0) is 11.2 Å². The summed E-state index contributed by atoms with van der Waals surface area (Å²) in [5.74, 6) is -0.329. The van der Waals surface area contributed by atoms with Crippen LogP contribution in [0.15, 0.2) is 53.0 Å². The average molecular weight is 351 g/mol. The molecule has 110 valence electrons. The van der Waals surface area contributed by atoms with Gasteiger partial charge in [0, 0.05) is 10.2 Å². The molecule has 0 spiro atoms. The maximum absolute atomic E-state index is 13.4. The topological polar surface area (TPSA) is 41.1 Å². The Hall–Kier alpha value is -1.72. The van der Waals surface area contributed by atoms with Crippen LogP contribution in [0.4, 0.5) is 10.1 Å². The zero-order valence-electron chi connectivity index (χ0n) is 11.4. The first-order chi connectivity index (χ1) is 10.1. The molecule has 0 atom stereocenters. The monoisotopic (exact) mass is 350 g/mol. The van der Waals surface area contributed by atoms with Gasteiger partial charge in [0.1, 0.15) is 5.82 Å². The van der Waals surface area contributed by atoms with Crippen molar-refractivity contribution in [2.45, 2.75) is 6.42 Å². The molecule has 0 aromatic heterocycles. The van der Waals surface area contributed by atoms with E-state index in [0.29, 0.717) is 18.5 Å². The summed E-state index contributed by atoms with van der Waals surface area (Å²) < 4.78 is 14.3. The third-order valence-corrected chi connectivity index (χ3v) is 3.47. The zero-order chi connectivity index (χ0) is 15.1. The Morgan fingerprint density at radius 2 is 1.81 bits per heavy atom. The summed E-state index contributed by atoms with van der Waals surface area (Å²) in [6.07, 6.45) is 0.554. The van der Waals surface area contributed by atoms with Crippen molar-refractivity contribution >= 4 is 27.5 Å². The summed E-state index contributed by atoms with van der Waals surface area (Å²) in [6, 6.07) is 14.0. The maximum atomic E-state index is 13.4. The number of anilines is 1. The summed E-state index contributed by atoms with van der Waals surface area (Å²) in [7, 11) is 0. The maximum Gasteiger partial charge on any atom is 0.238 e. The first-order valence-corrected chi connectivity index (χ1v) is 7.44. The van der Waals surface area contributed by atoms with E-state index in [-0.39, 0.29) is 18.3 Å². The van der Waals surface area contributed by atoms with Crippen molar-refractivity contribution in [1.29, 1.82) is 0 Å². The molecule has 2 aromatic rings. The Balaban J connectivity index is 1.70. The quantitative estimate of drug-likeness (QED) is 0.784. The minimum absolute atomic E-state index is 0.120. The summed E-state index contributed by atoms with van der Waals surface area (Å²) in [4.78, 5) is 11.7. The minimum atomic E-state index is -0.210. The van der Waals surface area contributed by atoms with E-state index in [2.05, 4.69) is 26.6 Å². The zero-order valence-corrected chi connectivity index (χ0v) is 13.0. The number of halogens is 2. The molecule has 0 unspecified atom stereocenters. The predicted octanol–water partition coefficient (Wildman–Crippen LogP) is 3.36. The van der Waals surface area contributed by atoms with Gasteiger partial charge in [0.15, 0.2) is 0 Å². The molecule has 5 heteroatoms. The molecule has 0 saturated carbocycles. The molecular weight excluding hydrogens is 335 g/mol. The second kappa shape index (κ2) is 7.90. The summed E-state index contributed by atoms with van der Waals surface area (Å²) >= 11 is 3.34. The fraction of sp³-hybridized carbons (Fsp3) is 0.188. The molecular formula is C16H16BrFN2O. The lowest BCUT2D eigenvalue weighted by molar-refractivity contribution is -0.115. The largest absolute Gasteiger partial charge is 0.325 e. The van der Waals surface area contributed by atoms with Crippen LogP contribution in [0.1, 0.15) is 5.56 Å². The third kappa shape index (κ3) is 5.28. The number of nitrogens with one attached hydrogen (secondary N) is 2. The number of benzene rings is 2. The van der Waals surface area contributed by atoms with Crippen LogP contribution in [0.25, 0.3) is 0 Å². The van der Waals surface area contributed by atoms with Gasteiger partial charge in [0.2, 0.25) is 5.91 Å². The Bertz CT molecular complexity index is 601. The van der Waals surface area contributed by atoms with E-state index in [0.717, 1.165) is 10.2 Å². The fourth-order valence-corrected chi connectivity index (χ4v) is 2.13. The van der Waals surface area contributed by atoms with Gasteiger partial charge in [0.05, 0.1) is 6.54 Å². The summed E-state index contributed by atoms with van der Waals surface area (Å²) in [6.45, 7) is 0.749. The van der Waals surface area contributed by atoms with Crippen molar-refractivity contribution in [3.8, 4) is 0 Å². The molecule has 0 aliphatic heterocycles. The van der Waals surface area contributed by atoms with Crippen LogP contribution < -0.4 is 10.6 Å². The lowest BCUT2D eigenvalue weighted by Gasteiger charge is -2.07. The highest BCUT2D eigenvalue weighted by Gasteiger charge is 2.03. The summed E-state index contributed by atoms with van der Waals surface area (Å²) in [5.41, 5.74) is 1.40. The molecule has 0 saturated heterocycles. The van der Waals surface area contributed by atoms with Gasteiger partial charge in [0.25, 0.3) is 0 Å². The Kier molecular flexibility index (Phi) is 5.90. The van der Waals surface area contributed by atoms with Gasteiger partial charge in [-0.05, 0) is 48.9 Å². The number of carbonyl (C=O) groups is 1. The van der Waals surface area contributed by atoms with Crippen LogP contribution in [-0.4, -0.2) is 19.0 Å². The number of rotatable bonds is 6. The molecule has 0 fully saturated rings. The molecule has 0 radical (unpaired) electrons. The van der Waals surface area contributed by atoms with Crippen molar-refractivity contribution in [2.24, 2.45) is 0 Å². The van der Waals surface area contributed by atoms with Gasteiger partial charge in [-0.25, -0.2) is 4.39 Å². The van der Waals surface area contributed by atoms with E-state index < -0.39 is 0 Å². The number of hydrogen-bond donors (Lipinski definition) is 2. The highest BCUT2D eigenvalue weighted by molar-refractivity contribution is 9.10. The molecule has 2 N–H and O–H groups in total. The molecule has 3 nitrogen and oxygen atoms in total. The van der Waals surface area contributed by atoms with Crippen LogP contribution in [0, 0.1) is 5.82 Å².